The Morgan fingerprint density at radius 1 is 1.12 bits per heavy atom. The molecule has 4 rings (SSSR count). The Morgan fingerprint density at radius 3 is 2.39 bits per heavy atom. The summed E-state index contributed by atoms with van der Waals surface area (Å²) < 4.78 is 17.4. The lowest BCUT2D eigenvalue weighted by Crippen LogP contribution is -2.57. The molecular formula is C31H46N2O8. The molecule has 0 aromatic rings. The van der Waals surface area contributed by atoms with Crippen LogP contribution in [0.5, 0.6) is 0 Å². The van der Waals surface area contributed by atoms with E-state index in [1.807, 2.05) is 25.7 Å². The van der Waals surface area contributed by atoms with Crippen molar-refractivity contribution in [3.63, 3.8) is 0 Å². The highest BCUT2D eigenvalue weighted by molar-refractivity contribution is 6.13. The number of ether oxygens (including phenoxy) is 3. The zero-order chi connectivity index (χ0) is 30.3. The van der Waals surface area contributed by atoms with Gasteiger partial charge in [0, 0.05) is 56.4 Å². The molecule has 1 saturated heterocycles. The largest absolute Gasteiger partial charge is 0.504 e. The van der Waals surface area contributed by atoms with Crippen LogP contribution in [0.2, 0.25) is 0 Å². The van der Waals surface area contributed by atoms with Gasteiger partial charge in [-0.05, 0) is 57.7 Å². The lowest BCUT2D eigenvalue weighted by Gasteiger charge is -2.54. The highest BCUT2D eigenvalue weighted by atomic mass is 16.6. The lowest BCUT2D eigenvalue weighted by atomic mass is 9.53. The first-order valence-corrected chi connectivity index (χ1v) is 14.9. The van der Waals surface area contributed by atoms with E-state index in [1.165, 1.54) is 14.0 Å². The molecule has 0 spiro atoms. The van der Waals surface area contributed by atoms with Crippen molar-refractivity contribution in [2.24, 2.45) is 16.7 Å². The first kappa shape index (κ1) is 31.3. The number of ketones is 1. The van der Waals surface area contributed by atoms with Crippen molar-refractivity contribution in [3.05, 3.63) is 34.3 Å². The standard InChI is InChI=1S/C31H46N2O8/c1-8-32(9-2)13-14-33(10-3)16-19-25-28(37)27(36)24-20-11-12-22(35)30(20,5)15-21(40-18(4)34)26(24)31(25,6)23(17-39-7)41-29(19)38/h16,20-23,35,37H,8-15,17H2,1-7H3. The average Bonchev–Trinajstić information content (AvgIpc) is 3.22. The zero-order valence-corrected chi connectivity index (χ0v) is 25.5. The molecule has 1 heterocycles. The molecule has 1 aliphatic heterocycles. The second-order valence-corrected chi connectivity index (χ2v) is 12.1. The van der Waals surface area contributed by atoms with Crippen molar-refractivity contribution >= 4 is 17.7 Å². The van der Waals surface area contributed by atoms with Crippen molar-refractivity contribution in [2.45, 2.75) is 79.1 Å². The number of carbonyl (C=O) groups excluding carboxylic acids is 3. The van der Waals surface area contributed by atoms with E-state index in [-0.39, 0.29) is 23.7 Å². The molecule has 0 radical (unpaired) electrons. The van der Waals surface area contributed by atoms with Crippen molar-refractivity contribution < 1.29 is 38.8 Å². The monoisotopic (exact) mass is 574 g/mol. The fourth-order valence-electron chi connectivity index (χ4n) is 7.58. The van der Waals surface area contributed by atoms with Crippen LogP contribution in [-0.4, -0.2) is 102 Å². The summed E-state index contributed by atoms with van der Waals surface area (Å²) in [5.41, 5.74) is -0.741. The highest BCUT2D eigenvalue weighted by Crippen LogP contribution is 2.63. The van der Waals surface area contributed by atoms with Crippen LogP contribution in [0.25, 0.3) is 0 Å². The van der Waals surface area contributed by atoms with Crippen molar-refractivity contribution in [2.75, 3.05) is 46.4 Å². The second-order valence-electron chi connectivity index (χ2n) is 12.1. The number of aliphatic hydroxyl groups excluding tert-OH is 2. The summed E-state index contributed by atoms with van der Waals surface area (Å²) in [4.78, 5) is 44.3. The predicted molar refractivity (Wildman–Crippen MR) is 152 cm³/mol. The van der Waals surface area contributed by atoms with E-state index in [4.69, 9.17) is 14.2 Å². The fourth-order valence-corrected chi connectivity index (χ4v) is 7.58. The minimum Gasteiger partial charge on any atom is -0.504 e. The number of hydrogen-bond donors (Lipinski definition) is 2. The van der Waals surface area contributed by atoms with Gasteiger partial charge in [-0.1, -0.05) is 20.8 Å². The number of nitrogens with zero attached hydrogens (tertiary/aromatic N) is 2. The summed E-state index contributed by atoms with van der Waals surface area (Å²) in [7, 11) is 1.50. The molecule has 6 unspecified atom stereocenters. The highest BCUT2D eigenvalue weighted by Gasteiger charge is 2.64. The van der Waals surface area contributed by atoms with Crippen LogP contribution in [0.1, 0.15) is 60.8 Å². The SMILES string of the molecule is CCN(C=C1C(=O)OC(COC)C2(C)C1=C(O)C(=O)C1=C2C(OC(C)=O)CC2(C)C(O)CCC12)CCN(CC)CC. The molecule has 4 aliphatic rings. The number of hydrogen-bond acceptors (Lipinski definition) is 10. The average molecular weight is 575 g/mol. The van der Waals surface area contributed by atoms with E-state index < -0.39 is 52.6 Å². The summed E-state index contributed by atoms with van der Waals surface area (Å²) in [6.45, 7) is 15.0. The summed E-state index contributed by atoms with van der Waals surface area (Å²) in [6.07, 6.45) is 0.622. The molecule has 1 saturated carbocycles. The second kappa shape index (κ2) is 11.9. The number of cyclic esters (lactones) is 1. The van der Waals surface area contributed by atoms with Crippen molar-refractivity contribution in [3.8, 4) is 0 Å². The topological polar surface area (TPSA) is 126 Å². The minimum atomic E-state index is -1.21. The summed E-state index contributed by atoms with van der Waals surface area (Å²) in [5, 5.41) is 22.7. The van der Waals surface area contributed by atoms with E-state index in [0.29, 0.717) is 43.5 Å². The Balaban J connectivity index is 1.91. The Bertz CT molecular complexity index is 1170. The maximum atomic E-state index is 14.1. The van der Waals surface area contributed by atoms with E-state index in [2.05, 4.69) is 18.7 Å². The third-order valence-electron chi connectivity index (χ3n) is 9.97. The Morgan fingerprint density at radius 2 is 1.80 bits per heavy atom. The van der Waals surface area contributed by atoms with Gasteiger partial charge in [0.2, 0.25) is 5.78 Å². The molecule has 10 nitrogen and oxygen atoms in total. The van der Waals surface area contributed by atoms with E-state index in [9.17, 15) is 24.6 Å². The molecule has 0 aromatic heterocycles. The maximum absolute atomic E-state index is 14.1. The van der Waals surface area contributed by atoms with Gasteiger partial charge in [0.15, 0.2) is 5.76 Å². The molecule has 3 aliphatic carbocycles. The smallest absolute Gasteiger partial charge is 0.340 e. The molecule has 0 bridgehead atoms. The van der Waals surface area contributed by atoms with Crippen LogP contribution in [0.15, 0.2) is 34.3 Å². The van der Waals surface area contributed by atoms with Gasteiger partial charge in [0.05, 0.1) is 23.7 Å². The van der Waals surface area contributed by atoms with Crippen molar-refractivity contribution in [1.29, 1.82) is 0 Å². The van der Waals surface area contributed by atoms with Crippen LogP contribution in [-0.2, 0) is 28.6 Å². The first-order valence-electron chi connectivity index (χ1n) is 14.9. The third-order valence-corrected chi connectivity index (χ3v) is 9.97. The van der Waals surface area contributed by atoms with Gasteiger partial charge in [-0.3, -0.25) is 9.59 Å². The summed E-state index contributed by atoms with van der Waals surface area (Å²) >= 11 is 0. The van der Waals surface area contributed by atoms with Crippen LogP contribution in [0, 0.1) is 16.7 Å². The molecule has 2 fully saturated rings. The number of carbonyl (C=O) groups is 3. The van der Waals surface area contributed by atoms with Gasteiger partial charge < -0.3 is 34.2 Å². The first-order chi connectivity index (χ1) is 19.4. The Labute approximate surface area is 243 Å². The van der Waals surface area contributed by atoms with Gasteiger partial charge >= 0.3 is 11.9 Å². The number of likely N-dealkylation sites (N-methyl/N-ethyl adjacent to an activating group) is 2. The zero-order valence-electron chi connectivity index (χ0n) is 25.5. The van der Waals surface area contributed by atoms with Crippen LogP contribution >= 0.6 is 0 Å². The van der Waals surface area contributed by atoms with Gasteiger partial charge in [-0.15, -0.1) is 0 Å². The van der Waals surface area contributed by atoms with Crippen LogP contribution in [0.3, 0.4) is 0 Å². The number of Topliss-reactive ketones (excluding diaryl/α,β-unsaturated/α-hetero) is 1. The number of fused-ring (bicyclic) bond motifs is 4. The molecule has 10 heteroatoms. The van der Waals surface area contributed by atoms with E-state index in [1.54, 1.807) is 6.20 Å². The van der Waals surface area contributed by atoms with Gasteiger partial charge in [0.1, 0.15) is 12.2 Å². The van der Waals surface area contributed by atoms with Gasteiger partial charge in [-0.25, -0.2) is 4.79 Å². The minimum absolute atomic E-state index is 0.00801. The molecule has 228 valence electrons. The predicted octanol–water partition coefficient (Wildman–Crippen LogP) is 2.92. The molecule has 6 atom stereocenters. The van der Waals surface area contributed by atoms with Crippen LogP contribution < -0.4 is 0 Å². The molecular weight excluding hydrogens is 528 g/mol. The number of aliphatic hydroxyl groups is 2. The maximum Gasteiger partial charge on any atom is 0.340 e. The Kier molecular flexibility index (Phi) is 9.07. The Hall–Kier alpha value is -2.69. The lowest BCUT2D eigenvalue weighted by molar-refractivity contribution is -0.161. The summed E-state index contributed by atoms with van der Waals surface area (Å²) in [5.74, 6) is -2.60. The van der Waals surface area contributed by atoms with E-state index >= 15 is 0 Å². The number of methoxy groups -OCH3 is 1. The molecule has 2 N–H and O–H groups in total. The van der Waals surface area contributed by atoms with Gasteiger partial charge in [0.25, 0.3) is 0 Å². The number of allylic oxidation sites excluding steroid dienone is 1. The molecule has 0 aromatic carbocycles. The molecule has 0 amide bonds. The van der Waals surface area contributed by atoms with Gasteiger partial charge in [-0.2, -0.15) is 0 Å². The van der Waals surface area contributed by atoms with Crippen molar-refractivity contribution in [1.82, 2.24) is 9.80 Å². The number of esters is 2. The quantitative estimate of drug-likeness (QED) is 0.297. The number of rotatable bonds is 10. The third kappa shape index (κ3) is 5.12. The van der Waals surface area contributed by atoms with E-state index in [0.717, 1.165) is 19.6 Å². The molecule has 41 heavy (non-hydrogen) atoms. The summed E-state index contributed by atoms with van der Waals surface area (Å²) in [6, 6.07) is 0. The fraction of sp³-hybridized carbons (Fsp3) is 0.710. The normalized spacial score (nSPS) is 34.0. The van der Waals surface area contributed by atoms with Crippen LogP contribution in [0.4, 0.5) is 0 Å².